The molecule has 3 rings (SSSR count). The van der Waals surface area contributed by atoms with Crippen LogP contribution in [-0.4, -0.2) is 44.2 Å². The largest absolute Gasteiger partial charge is 0.326 e. The van der Waals surface area contributed by atoms with Gasteiger partial charge in [-0.05, 0) is 74.2 Å². The average molecular weight is 500 g/mol. The van der Waals surface area contributed by atoms with Crippen LogP contribution in [0, 0.1) is 19.8 Å². The van der Waals surface area contributed by atoms with Gasteiger partial charge in [0.25, 0.3) is 0 Å². The van der Waals surface area contributed by atoms with E-state index in [0.29, 0.717) is 25.3 Å². The molecular formula is C27H37N3O4S. The molecule has 1 aliphatic rings. The Kier molecular flexibility index (Phi) is 9.08. The summed E-state index contributed by atoms with van der Waals surface area (Å²) >= 11 is 0. The zero-order chi connectivity index (χ0) is 25.6. The van der Waals surface area contributed by atoms with Gasteiger partial charge >= 0.3 is 0 Å². The Morgan fingerprint density at radius 2 is 1.57 bits per heavy atom. The SMILES string of the molecule is CCCCN(CCCC)S(=O)(=O)c1ccc(NC(=O)C2CC(=O)N(c3cc(C)cc(C)c3)C2)cc1. The highest BCUT2D eigenvalue weighted by Gasteiger charge is 2.35. The van der Waals surface area contributed by atoms with Crippen molar-refractivity contribution in [3.63, 3.8) is 0 Å². The minimum absolute atomic E-state index is 0.0733. The summed E-state index contributed by atoms with van der Waals surface area (Å²) < 4.78 is 27.8. The molecule has 0 aromatic heterocycles. The van der Waals surface area contributed by atoms with Crippen LogP contribution < -0.4 is 10.2 Å². The van der Waals surface area contributed by atoms with E-state index in [4.69, 9.17) is 0 Å². The maximum Gasteiger partial charge on any atom is 0.243 e. The van der Waals surface area contributed by atoms with Crippen molar-refractivity contribution in [1.29, 1.82) is 0 Å². The van der Waals surface area contributed by atoms with Gasteiger partial charge < -0.3 is 10.2 Å². The first-order chi connectivity index (χ1) is 16.6. The Labute approximate surface area is 209 Å². The lowest BCUT2D eigenvalue weighted by molar-refractivity contribution is -0.122. The van der Waals surface area contributed by atoms with E-state index in [1.165, 1.54) is 12.1 Å². The van der Waals surface area contributed by atoms with Gasteiger partial charge in [-0.3, -0.25) is 9.59 Å². The zero-order valence-electron chi connectivity index (χ0n) is 21.2. The monoisotopic (exact) mass is 499 g/mol. The summed E-state index contributed by atoms with van der Waals surface area (Å²) in [6, 6.07) is 12.3. The van der Waals surface area contributed by atoms with Crippen LogP contribution in [0.2, 0.25) is 0 Å². The first kappa shape index (κ1) is 26.9. The summed E-state index contributed by atoms with van der Waals surface area (Å²) in [7, 11) is -3.59. The topological polar surface area (TPSA) is 86.8 Å². The normalized spacial score (nSPS) is 16.2. The summed E-state index contributed by atoms with van der Waals surface area (Å²) in [6.07, 6.45) is 3.63. The van der Waals surface area contributed by atoms with Crippen molar-refractivity contribution in [2.24, 2.45) is 5.92 Å². The molecule has 0 saturated carbocycles. The van der Waals surface area contributed by atoms with Gasteiger partial charge in [0.15, 0.2) is 0 Å². The van der Waals surface area contributed by atoms with Crippen molar-refractivity contribution >= 4 is 33.2 Å². The number of nitrogens with zero attached hydrogens (tertiary/aromatic N) is 2. The van der Waals surface area contributed by atoms with E-state index in [2.05, 4.69) is 5.32 Å². The highest BCUT2D eigenvalue weighted by Crippen LogP contribution is 2.28. The zero-order valence-corrected chi connectivity index (χ0v) is 22.0. The standard InChI is InChI=1S/C27H37N3O4S/c1-5-7-13-29(14-8-6-2)35(33,34)25-11-9-23(10-12-25)28-27(32)22-18-26(31)30(19-22)24-16-20(3)15-21(4)17-24/h9-12,15-17,22H,5-8,13-14,18-19H2,1-4H3,(H,28,32). The molecule has 35 heavy (non-hydrogen) atoms. The fraction of sp³-hybridized carbons (Fsp3) is 0.481. The lowest BCUT2D eigenvalue weighted by Gasteiger charge is -2.22. The van der Waals surface area contributed by atoms with Crippen molar-refractivity contribution in [2.45, 2.75) is 64.7 Å². The third-order valence-corrected chi connectivity index (χ3v) is 8.21. The number of aryl methyl sites for hydroxylation is 2. The third-order valence-electron chi connectivity index (χ3n) is 6.30. The Morgan fingerprint density at radius 1 is 1.00 bits per heavy atom. The highest BCUT2D eigenvalue weighted by molar-refractivity contribution is 7.89. The summed E-state index contributed by atoms with van der Waals surface area (Å²) in [5.74, 6) is -0.783. The van der Waals surface area contributed by atoms with Gasteiger partial charge in [0.05, 0.1) is 10.8 Å². The second-order valence-corrected chi connectivity index (χ2v) is 11.3. The molecule has 1 N–H and O–H groups in total. The van der Waals surface area contributed by atoms with Crippen LogP contribution >= 0.6 is 0 Å². The predicted molar refractivity (Wildman–Crippen MR) is 140 cm³/mol. The van der Waals surface area contributed by atoms with Gasteiger partial charge in [0, 0.05) is 37.4 Å². The van der Waals surface area contributed by atoms with Crippen molar-refractivity contribution in [1.82, 2.24) is 4.31 Å². The first-order valence-electron chi connectivity index (χ1n) is 12.5. The quantitative estimate of drug-likeness (QED) is 0.477. The number of rotatable bonds is 11. The molecule has 0 spiro atoms. The van der Waals surface area contributed by atoms with Crippen molar-refractivity contribution in [3.05, 3.63) is 53.6 Å². The maximum absolute atomic E-state index is 13.1. The van der Waals surface area contributed by atoms with Crippen LogP contribution in [0.1, 0.15) is 57.1 Å². The van der Waals surface area contributed by atoms with Crippen LogP contribution in [0.3, 0.4) is 0 Å². The molecule has 2 amide bonds. The number of nitrogens with one attached hydrogen (secondary N) is 1. The van der Waals surface area contributed by atoms with Crippen LogP contribution in [0.5, 0.6) is 0 Å². The molecule has 1 aliphatic heterocycles. The van der Waals surface area contributed by atoms with E-state index < -0.39 is 15.9 Å². The number of hydrogen-bond acceptors (Lipinski definition) is 4. The highest BCUT2D eigenvalue weighted by atomic mass is 32.2. The Morgan fingerprint density at radius 3 is 2.11 bits per heavy atom. The van der Waals surface area contributed by atoms with Gasteiger partial charge in [-0.2, -0.15) is 4.31 Å². The Balaban J connectivity index is 1.67. The van der Waals surface area contributed by atoms with Crippen molar-refractivity contribution in [2.75, 3.05) is 29.9 Å². The summed E-state index contributed by atoms with van der Waals surface area (Å²) in [6.45, 7) is 9.38. The number of benzene rings is 2. The molecule has 8 heteroatoms. The second kappa shape index (κ2) is 11.8. The minimum Gasteiger partial charge on any atom is -0.326 e. The number of amides is 2. The van der Waals surface area contributed by atoms with Crippen molar-refractivity contribution < 1.29 is 18.0 Å². The van der Waals surface area contributed by atoms with E-state index in [0.717, 1.165) is 42.5 Å². The summed E-state index contributed by atoms with van der Waals surface area (Å²) in [5, 5.41) is 2.85. The van der Waals surface area contributed by atoms with Crippen LogP contribution in [0.4, 0.5) is 11.4 Å². The van der Waals surface area contributed by atoms with Crippen LogP contribution in [0.25, 0.3) is 0 Å². The molecule has 0 bridgehead atoms. The predicted octanol–water partition coefficient (Wildman–Crippen LogP) is 4.89. The Hall–Kier alpha value is -2.71. The van der Waals surface area contributed by atoms with Gasteiger partial charge in [0.2, 0.25) is 21.8 Å². The van der Waals surface area contributed by atoms with E-state index in [-0.39, 0.29) is 23.1 Å². The smallest absolute Gasteiger partial charge is 0.243 e. The fourth-order valence-corrected chi connectivity index (χ4v) is 5.88. The molecule has 0 aliphatic carbocycles. The van der Waals surface area contributed by atoms with Crippen molar-refractivity contribution in [3.8, 4) is 0 Å². The molecule has 190 valence electrons. The average Bonchev–Trinajstić information content (AvgIpc) is 3.20. The molecule has 1 fully saturated rings. The fourth-order valence-electron chi connectivity index (χ4n) is 4.36. The number of unbranched alkanes of at least 4 members (excludes halogenated alkanes) is 2. The molecule has 7 nitrogen and oxygen atoms in total. The second-order valence-electron chi connectivity index (χ2n) is 9.38. The third kappa shape index (κ3) is 6.70. The molecule has 1 saturated heterocycles. The molecule has 1 heterocycles. The van der Waals surface area contributed by atoms with Gasteiger partial charge in [0.1, 0.15) is 0 Å². The molecule has 1 atom stereocenters. The maximum atomic E-state index is 13.1. The number of sulfonamides is 1. The number of anilines is 2. The Bertz CT molecular complexity index is 1120. The number of carbonyl (C=O) groups excluding carboxylic acids is 2. The van der Waals surface area contributed by atoms with Gasteiger partial charge in [-0.15, -0.1) is 0 Å². The number of carbonyl (C=O) groups is 2. The van der Waals surface area contributed by atoms with E-state index >= 15 is 0 Å². The van der Waals surface area contributed by atoms with E-state index in [9.17, 15) is 18.0 Å². The molecule has 2 aromatic carbocycles. The van der Waals surface area contributed by atoms with Gasteiger partial charge in [-0.1, -0.05) is 32.8 Å². The van der Waals surface area contributed by atoms with Crippen LogP contribution in [0.15, 0.2) is 47.4 Å². The first-order valence-corrected chi connectivity index (χ1v) is 13.9. The molecule has 2 aromatic rings. The van der Waals surface area contributed by atoms with E-state index in [1.54, 1.807) is 21.3 Å². The van der Waals surface area contributed by atoms with Crippen LogP contribution in [-0.2, 0) is 19.6 Å². The molecule has 1 unspecified atom stereocenters. The molecular weight excluding hydrogens is 462 g/mol. The minimum atomic E-state index is -3.59. The summed E-state index contributed by atoms with van der Waals surface area (Å²) in [5.41, 5.74) is 3.46. The lowest BCUT2D eigenvalue weighted by Crippen LogP contribution is -2.33. The lowest BCUT2D eigenvalue weighted by atomic mass is 10.1. The summed E-state index contributed by atoms with van der Waals surface area (Å²) in [4.78, 5) is 27.4. The van der Waals surface area contributed by atoms with Gasteiger partial charge in [-0.25, -0.2) is 8.42 Å². The number of hydrogen-bond donors (Lipinski definition) is 1. The van der Waals surface area contributed by atoms with E-state index in [1.807, 2.05) is 45.9 Å². The molecule has 0 radical (unpaired) electrons.